The molecule has 0 radical (unpaired) electrons. The molecule has 0 bridgehead atoms. The highest BCUT2D eigenvalue weighted by atomic mass is 32.2. The summed E-state index contributed by atoms with van der Waals surface area (Å²) < 4.78 is 27.2. The van der Waals surface area contributed by atoms with Crippen molar-refractivity contribution in [1.82, 2.24) is 5.32 Å². The van der Waals surface area contributed by atoms with Gasteiger partial charge in [-0.1, -0.05) is 13.0 Å². The summed E-state index contributed by atoms with van der Waals surface area (Å²) in [6.45, 7) is 2.66. The normalized spacial score (nSPS) is 26.6. The summed E-state index contributed by atoms with van der Waals surface area (Å²) in [6.07, 6.45) is 2.63. The lowest BCUT2D eigenvalue weighted by Gasteiger charge is -2.19. The second-order valence-corrected chi connectivity index (χ2v) is 5.42. The quantitative estimate of drug-likeness (QED) is 0.723. The highest BCUT2D eigenvalue weighted by Crippen LogP contribution is 2.09. The zero-order valence-electron chi connectivity index (χ0n) is 8.56. The van der Waals surface area contributed by atoms with Gasteiger partial charge in [0.15, 0.2) is 9.84 Å². The number of hydrogen-bond acceptors (Lipinski definition) is 4. The Labute approximate surface area is 85.3 Å². The van der Waals surface area contributed by atoms with Crippen LogP contribution in [0.1, 0.15) is 13.3 Å². The molecule has 1 heterocycles. The van der Waals surface area contributed by atoms with Gasteiger partial charge in [-0.2, -0.15) is 0 Å². The Kier molecular flexibility index (Phi) is 4.10. The van der Waals surface area contributed by atoms with Crippen LogP contribution in [0.15, 0.2) is 11.5 Å². The van der Waals surface area contributed by atoms with Crippen molar-refractivity contribution in [2.75, 3.05) is 19.5 Å². The fourth-order valence-electron chi connectivity index (χ4n) is 1.47. The first-order valence-electron chi connectivity index (χ1n) is 4.73. The minimum absolute atomic E-state index is 0.0555. The standard InChI is InChI=1S/C9H17NO3S/c1-3-8(6-13-2)10-9-4-5-14(11,12)7-9/h4-5,8-10H,3,6-7H2,1-2H3. The Morgan fingerprint density at radius 3 is 2.79 bits per heavy atom. The third kappa shape index (κ3) is 3.40. The Bertz CT molecular complexity index is 297. The lowest BCUT2D eigenvalue weighted by atomic mass is 10.2. The minimum Gasteiger partial charge on any atom is -0.383 e. The van der Waals surface area contributed by atoms with Crippen molar-refractivity contribution >= 4 is 9.84 Å². The molecule has 0 saturated heterocycles. The lowest BCUT2D eigenvalue weighted by molar-refractivity contribution is 0.162. The fourth-order valence-corrected chi connectivity index (χ4v) is 2.72. The number of sulfone groups is 1. The van der Waals surface area contributed by atoms with Crippen LogP contribution in [0.25, 0.3) is 0 Å². The van der Waals surface area contributed by atoms with E-state index in [1.54, 1.807) is 13.2 Å². The summed E-state index contributed by atoms with van der Waals surface area (Å²) in [6, 6.07) is 0.169. The summed E-state index contributed by atoms with van der Waals surface area (Å²) in [5.74, 6) is 0.174. The van der Waals surface area contributed by atoms with Crippen molar-refractivity contribution in [2.45, 2.75) is 25.4 Å². The van der Waals surface area contributed by atoms with E-state index in [0.717, 1.165) is 6.42 Å². The molecule has 5 heteroatoms. The molecule has 0 saturated carbocycles. The van der Waals surface area contributed by atoms with Crippen LogP contribution in [0.2, 0.25) is 0 Å². The molecule has 14 heavy (non-hydrogen) atoms. The summed E-state index contributed by atoms with van der Waals surface area (Å²) in [5.41, 5.74) is 0. The lowest BCUT2D eigenvalue weighted by Crippen LogP contribution is -2.41. The third-order valence-corrected chi connectivity index (χ3v) is 3.64. The number of nitrogens with one attached hydrogen (secondary N) is 1. The summed E-state index contributed by atoms with van der Waals surface area (Å²) in [7, 11) is -1.30. The van der Waals surface area contributed by atoms with Crippen LogP contribution in [0.4, 0.5) is 0 Å². The van der Waals surface area contributed by atoms with E-state index in [4.69, 9.17) is 4.74 Å². The van der Waals surface area contributed by atoms with Gasteiger partial charge in [0.2, 0.25) is 0 Å². The topological polar surface area (TPSA) is 55.4 Å². The fraction of sp³-hybridized carbons (Fsp3) is 0.778. The average molecular weight is 219 g/mol. The van der Waals surface area contributed by atoms with Crippen molar-refractivity contribution in [1.29, 1.82) is 0 Å². The highest BCUT2D eigenvalue weighted by molar-refractivity contribution is 7.94. The van der Waals surface area contributed by atoms with Gasteiger partial charge < -0.3 is 10.1 Å². The van der Waals surface area contributed by atoms with Crippen molar-refractivity contribution < 1.29 is 13.2 Å². The Hall–Kier alpha value is -0.390. The molecule has 1 aliphatic rings. The molecule has 82 valence electrons. The molecule has 4 nitrogen and oxygen atoms in total. The number of methoxy groups -OCH3 is 1. The molecule has 0 aromatic rings. The SMILES string of the molecule is CCC(COC)NC1C=CS(=O)(=O)C1. The van der Waals surface area contributed by atoms with E-state index in [0.29, 0.717) is 6.61 Å². The largest absolute Gasteiger partial charge is 0.383 e. The van der Waals surface area contributed by atoms with Crippen LogP contribution < -0.4 is 5.32 Å². The zero-order chi connectivity index (χ0) is 10.6. The van der Waals surface area contributed by atoms with Gasteiger partial charge in [-0.3, -0.25) is 0 Å². The molecule has 0 fully saturated rings. The molecule has 0 amide bonds. The van der Waals surface area contributed by atoms with E-state index in [1.807, 2.05) is 6.92 Å². The van der Waals surface area contributed by atoms with Crippen LogP contribution in [0.3, 0.4) is 0 Å². The molecular formula is C9H17NO3S. The number of rotatable bonds is 5. The van der Waals surface area contributed by atoms with Crippen LogP contribution in [-0.2, 0) is 14.6 Å². The summed E-state index contributed by atoms with van der Waals surface area (Å²) in [5, 5.41) is 4.51. The molecule has 0 spiro atoms. The third-order valence-electron chi connectivity index (χ3n) is 2.24. The van der Waals surface area contributed by atoms with Gasteiger partial charge in [0.05, 0.1) is 12.4 Å². The molecule has 0 aromatic heterocycles. The number of hydrogen-bond donors (Lipinski definition) is 1. The summed E-state index contributed by atoms with van der Waals surface area (Å²) in [4.78, 5) is 0. The molecule has 1 N–H and O–H groups in total. The predicted octanol–water partition coefficient (Wildman–Crippen LogP) is 0.312. The first-order chi connectivity index (χ1) is 6.57. The van der Waals surface area contributed by atoms with Crippen molar-refractivity contribution in [2.24, 2.45) is 0 Å². The number of ether oxygens (including phenoxy) is 1. The van der Waals surface area contributed by atoms with Crippen molar-refractivity contribution in [3.05, 3.63) is 11.5 Å². The first kappa shape index (κ1) is 11.7. The van der Waals surface area contributed by atoms with E-state index in [2.05, 4.69) is 5.32 Å². The predicted molar refractivity (Wildman–Crippen MR) is 55.8 cm³/mol. The van der Waals surface area contributed by atoms with Gasteiger partial charge in [-0.05, 0) is 6.42 Å². The Balaban J connectivity index is 2.42. The van der Waals surface area contributed by atoms with Gasteiger partial charge in [0.1, 0.15) is 0 Å². The molecule has 1 aliphatic heterocycles. The van der Waals surface area contributed by atoms with E-state index in [9.17, 15) is 8.42 Å². The molecular weight excluding hydrogens is 202 g/mol. The van der Waals surface area contributed by atoms with Crippen molar-refractivity contribution in [3.8, 4) is 0 Å². The van der Waals surface area contributed by atoms with Crippen LogP contribution >= 0.6 is 0 Å². The maximum atomic E-state index is 11.1. The molecule has 1 rings (SSSR count). The first-order valence-corrected chi connectivity index (χ1v) is 6.45. The van der Waals surface area contributed by atoms with Crippen LogP contribution in [-0.4, -0.2) is 40.0 Å². The van der Waals surface area contributed by atoms with Crippen LogP contribution in [0, 0.1) is 0 Å². The van der Waals surface area contributed by atoms with Crippen molar-refractivity contribution in [3.63, 3.8) is 0 Å². The minimum atomic E-state index is -2.95. The molecule has 0 aliphatic carbocycles. The Morgan fingerprint density at radius 1 is 1.64 bits per heavy atom. The van der Waals surface area contributed by atoms with Gasteiger partial charge in [0.25, 0.3) is 0 Å². The van der Waals surface area contributed by atoms with E-state index in [1.165, 1.54) is 5.41 Å². The Morgan fingerprint density at radius 2 is 2.36 bits per heavy atom. The second kappa shape index (κ2) is 4.91. The zero-order valence-corrected chi connectivity index (χ0v) is 9.38. The molecule has 0 aromatic carbocycles. The smallest absolute Gasteiger partial charge is 0.173 e. The van der Waals surface area contributed by atoms with E-state index >= 15 is 0 Å². The van der Waals surface area contributed by atoms with Gasteiger partial charge in [-0.15, -0.1) is 0 Å². The molecule has 2 unspecified atom stereocenters. The maximum absolute atomic E-state index is 11.1. The van der Waals surface area contributed by atoms with Gasteiger partial charge >= 0.3 is 0 Å². The average Bonchev–Trinajstić information content (AvgIpc) is 2.45. The second-order valence-electron chi connectivity index (χ2n) is 3.49. The van der Waals surface area contributed by atoms with Gasteiger partial charge in [-0.25, -0.2) is 8.42 Å². The highest BCUT2D eigenvalue weighted by Gasteiger charge is 2.23. The van der Waals surface area contributed by atoms with Crippen LogP contribution in [0.5, 0.6) is 0 Å². The van der Waals surface area contributed by atoms with E-state index in [-0.39, 0.29) is 17.8 Å². The van der Waals surface area contributed by atoms with E-state index < -0.39 is 9.84 Å². The molecule has 2 atom stereocenters. The maximum Gasteiger partial charge on any atom is 0.173 e. The monoisotopic (exact) mass is 219 g/mol. The van der Waals surface area contributed by atoms with Gasteiger partial charge in [0, 0.05) is 24.6 Å². The summed E-state index contributed by atoms with van der Waals surface area (Å²) >= 11 is 0.